The van der Waals surface area contributed by atoms with Gasteiger partial charge in [-0.25, -0.2) is 0 Å². The van der Waals surface area contributed by atoms with Gasteiger partial charge in [0.2, 0.25) is 0 Å². The van der Waals surface area contributed by atoms with Crippen LogP contribution >= 0.6 is 11.3 Å². The minimum absolute atomic E-state index is 0.108. The van der Waals surface area contributed by atoms with Crippen molar-refractivity contribution in [3.05, 3.63) is 20.2 Å². The molecule has 4 heteroatoms. The van der Waals surface area contributed by atoms with Gasteiger partial charge in [-0.3, -0.25) is 4.79 Å². The van der Waals surface area contributed by atoms with Crippen molar-refractivity contribution in [3.8, 4) is 0 Å². The van der Waals surface area contributed by atoms with E-state index >= 15 is 0 Å². The predicted octanol–water partition coefficient (Wildman–Crippen LogP) is 1.85. The Labute approximate surface area is 93.9 Å². The lowest BCUT2D eigenvalue weighted by Crippen LogP contribution is -2.29. The van der Waals surface area contributed by atoms with Crippen LogP contribution in [-0.2, 0) is 6.42 Å². The molecule has 15 heavy (non-hydrogen) atoms. The van der Waals surface area contributed by atoms with Crippen LogP contribution in [0.25, 0.3) is 0 Å². The SMILES string of the molecule is CC(C)NCC1CCCc2sc(=O)[nH]c21. The molecular formula is C11H18N2OS. The Morgan fingerprint density at radius 1 is 1.60 bits per heavy atom. The summed E-state index contributed by atoms with van der Waals surface area (Å²) in [7, 11) is 0. The van der Waals surface area contributed by atoms with Crippen LogP contribution in [0.4, 0.5) is 0 Å². The molecule has 0 saturated heterocycles. The zero-order chi connectivity index (χ0) is 10.8. The first-order valence-electron chi connectivity index (χ1n) is 5.62. The molecule has 3 nitrogen and oxygen atoms in total. The highest BCUT2D eigenvalue weighted by atomic mass is 32.1. The number of aromatic nitrogens is 1. The number of aromatic amines is 1. The molecule has 1 aromatic rings. The number of hydrogen-bond acceptors (Lipinski definition) is 3. The van der Waals surface area contributed by atoms with Gasteiger partial charge in [-0.05, 0) is 19.3 Å². The standard InChI is InChI=1S/C11H18N2OS/c1-7(2)12-6-8-4-3-5-9-10(8)13-11(14)15-9/h7-8,12H,3-6H2,1-2H3,(H,13,14). The lowest BCUT2D eigenvalue weighted by molar-refractivity contribution is 0.474. The maximum atomic E-state index is 11.3. The van der Waals surface area contributed by atoms with Gasteiger partial charge in [-0.1, -0.05) is 25.2 Å². The highest BCUT2D eigenvalue weighted by molar-refractivity contribution is 7.09. The molecule has 2 N–H and O–H groups in total. The van der Waals surface area contributed by atoms with E-state index in [9.17, 15) is 4.79 Å². The molecule has 84 valence electrons. The number of aryl methyl sites for hydroxylation is 1. The second-order valence-corrected chi connectivity index (χ2v) is 5.57. The first-order valence-corrected chi connectivity index (χ1v) is 6.43. The van der Waals surface area contributed by atoms with Crippen LogP contribution in [0.5, 0.6) is 0 Å². The summed E-state index contributed by atoms with van der Waals surface area (Å²) in [6, 6.07) is 0.515. The molecule has 1 aromatic heterocycles. The summed E-state index contributed by atoms with van der Waals surface area (Å²) < 4.78 is 0. The minimum Gasteiger partial charge on any atom is -0.316 e. The fraction of sp³-hybridized carbons (Fsp3) is 0.727. The molecule has 0 bridgehead atoms. The first-order chi connectivity index (χ1) is 7.16. The van der Waals surface area contributed by atoms with Crippen molar-refractivity contribution in [3.63, 3.8) is 0 Å². The molecule has 1 heterocycles. The minimum atomic E-state index is 0.108. The molecule has 0 spiro atoms. The fourth-order valence-corrected chi connectivity index (χ4v) is 3.08. The van der Waals surface area contributed by atoms with Crippen molar-refractivity contribution >= 4 is 11.3 Å². The van der Waals surface area contributed by atoms with Crippen molar-refractivity contribution in [1.29, 1.82) is 0 Å². The average Bonchev–Trinajstić information content (AvgIpc) is 2.55. The number of fused-ring (bicyclic) bond motifs is 1. The zero-order valence-corrected chi connectivity index (χ0v) is 10.1. The van der Waals surface area contributed by atoms with Crippen LogP contribution in [0.1, 0.15) is 43.2 Å². The van der Waals surface area contributed by atoms with Gasteiger partial charge in [0.25, 0.3) is 0 Å². The quantitative estimate of drug-likeness (QED) is 0.826. The van der Waals surface area contributed by atoms with E-state index in [0.717, 1.165) is 13.0 Å². The fourth-order valence-electron chi connectivity index (χ4n) is 2.12. The van der Waals surface area contributed by atoms with E-state index in [1.807, 2.05) is 0 Å². The molecule has 1 aliphatic carbocycles. The Hall–Kier alpha value is -0.610. The summed E-state index contributed by atoms with van der Waals surface area (Å²) in [4.78, 5) is 15.7. The normalized spacial score (nSPS) is 20.6. The van der Waals surface area contributed by atoms with Gasteiger partial charge in [0, 0.05) is 29.1 Å². The van der Waals surface area contributed by atoms with Crippen LogP contribution in [0.15, 0.2) is 4.79 Å². The van der Waals surface area contributed by atoms with Crippen LogP contribution in [0.3, 0.4) is 0 Å². The van der Waals surface area contributed by atoms with E-state index < -0.39 is 0 Å². The molecule has 1 atom stereocenters. The van der Waals surface area contributed by atoms with Crippen molar-refractivity contribution in [2.24, 2.45) is 0 Å². The number of hydrogen-bond donors (Lipinski definition) is 2. The van der Waals surface area contributed by atoms with Gasteiger partial charge in [0.15, 0.2) is 0 Å². The predicted molar refractivity (Wildman–Crippen MR) is 63.8 cm³/mol. The van der Waals surface area contributed by atoms with Gasteiger partial charge in [-0.2, -0.15) is 0 Å². The topological polar surface area (TPSA) is 44.9 Å². The summed E-state index contributed by atoms with van der Waals surface area (Å²) >= 11 is 1.39. The Bertz CT molecular complexity index is 380. The number of H-pyrrole nitrogens is 1. The highest BCUT2D eigenvalue weighted by Crippen LogP contribution is 2.30. The third kappa shape index (κ3) is 2.49. The third-order valence-corrected chi connectivity index (χ3v) is 3.85. The lowest BCUT2D eigenvalue weighted by atomic mass is 9.91. The molecule has 0 radical (unpaired) electrons. The molecule has 0 fully saturated rings. The Kier molecular flexibility index (Phi) is 3.26. The molecule has 1 aliphatic rings. The van der Waals surface area contributed by atoms with Crippen molar-refractivity contribution in [2.75, 3.05) is 6.54 Å². The lowest BCUT2D eigenvalue weighted by Gasteiger charge is -2.23. The molecule has 0 aliphatic heterocycles. The molecule has 1 unspecified atom stereocenters. The first kappa shape index (κ1) is 10.9. The smallest absolute Gasteiger partial charge is 0.304 e. The van der Waals surface area contributed by atoms with Gasteiger partial charge in [0.05, 0.1) is 0 Å². The summed E-state index contributed by atoms with van der Waals surface area (Å²) in [5, 5.41) is 3.45. The van der Waals surface area contributed by atoms with E-state index in [4.69, 9.17) is 0 Å². The second kappa shape index (κ2) is 4.49. The number of nitrogens with one attached hydrogen (secondary N) is 2. The van der Waals surface area contributed by atoms with Crippen molar-refractivity contribution in [2.45, 2.75) is 45.1 Å². The van der Waals surface area contributed by atoms with Gasteiger partial charge in [0.1, 0.15) is 0 Å². The maximum absolute atomic E-state index is 11.3. The average molecular weight is 226 g/mol. The zero-order valence-electron chi connectivity index (χ0n) is 9.30. The Morgan fingerprint density at radius 2 is 2.40 bits per heavy atom. The maximum Gasteiger partial charge on any atom is 0.304 e. The van der Waals surface area contributed by atoms with Crippen molar-refractivity contribution < 1.29 is 0 Å². The van der Waals surface area contributed by atoms with Gasteiger partial charge < -0.3 is 10.3 Å². The number of rotatable bonds is 3. The Morgan fingerprint density at radius 3 is 3.13 bits per heavy atom. The third-order valence-electron chi connectivity index (χ3n) is 2.89. The van der Waals surface area contributed by atoms with Crippen LogP contribution < -0.4 is 10.2 Å². The van der Waals surface area contributed by atoms with E-state index in [1.165, 1.54) is 34.7 Å². The number of thiazole rings is 1. The van der Waals surface area contributed by atoms with Crippen LogP contribution in [0.2, 0.25) is 0 Å². The summed E-state index contributed by atoms with van der Waals surface area (Å²) in [5.74, 6) is 0.509. The van der Waals surface area contributed by atoms with Gasteiger partial charge in [-0.15, -0.1) is 0 Å². The molecule has 0 saturated carbocycles. The highest BCUT2D eigenvalue weighted by Gasteiger charge is 2.22. The second-order valence-electron chi connectivity index (χ2n) is 4.50. The molecule has 0 amide bonds. The van der Waals surface area contributed by atoms with Crippen LogP contribution in [-0.4, -0.2) is 17.6 Å². The van der Waals surface area contributed by atoms with E-state index in [-0.39, 0.29) is 4.87 Å². The summed E-state index contributed by atoms with van der Waals surface area (Å²) in [6.07, 6.45) is 3.49. The summed E-state index contributed by atoms with van der Waals surface area (Å²) in [6.45, 7) is 5.29. The van der Waals surface area contributed by atoms with Gasteiger partial charge >= 0.3 is 4.87 Å². The van der Waals surface area contributed by atoms with E-state index in [2.05, 4.69) is 24.1 Å². The summed E-state index contributed by atoms with van der Waals surface area (Å²) in [5.41, 5.74) is 1.20. The molecule has 2 rings (SSSR count). The van der Waals surface area contributed by atoms with Crippen LogP contribution in [0, 0.1) is 0 Å². The molecule has 0 aromatic carbocycles. The largest absolute Gasteiger partial charge is 0.316 e. The van der Waals surface area contributed by atoms with E-state index in [0.29, 0.717) is 12.0 Å². The molecular weight excluding hydrogens is 208 g/mol. The van der Waals surface area contributed by atoms with E-state index in [1.54, 1.807) is 0 Å². The Balaban J connectivity index is 2.11. The monoisotopic (exact) mass is 226 g/mol. The van der Waals surface area contributed by atoms with Crippen molar-refractivity contribution in [1.82, 2.24) is 10.3 Å².